The van der Waals surface area contributed by atoms with Crippen molar-refractivity contribution in [1.82, 2.24) is 16.2 Å². The van der Waals surface area contributed by atoms with Gasteiger partial charge in [0, 0.05) is 11.7 Å². The summed E-state index contributed by atoms with van der Waals surface area (Å²) < 4.78 is 0. The lowest BCUT2D eigenvalue weighted by molar-refractivity contribution is 0.224. The topological polar surface area (TPSA) is 48.1 Å². The molecule has 3 atom stereocenters. The highest BCUT2D eigenvalue weighted by Crippen LogP contribution is 2.29. The number of hydrogen-bond donors (Lipinski definition) is 4. The first-order valence-corrected chi connectivity index (χ1v) is 9.38. The predicted octanol–water partition coefficient (Wildman–Crippen LogP) is 3.79. The lowest BCUT2D eigenvalue weighted by Gasteiger charge is -2.35. The molecule has 0 unspecified atom stereocenters. The molecule has 0 saturated heterocycles. The molecule has 1 aliphatic carbocycles. The summed E-state index contributed by atoms with van der Waals surface area (Å²) in [6.45, 7) is 8.75. The van der Waals surface area contributed by atoms with Crippen LogP contribution in [0.4, 0.5) is 5.69 Å². The molecule has 0 aromatic heterocycles. The minimum absolute atomic E-state index is 0.427. The van der Waals surface area contributed by atoms with Crippen molar-refractivity contribution in [2.75, 3.05) is 5.32 Å². The fourth-order valence-electron chi connectivity index (χ4n) is 3.31. The van der Waals surface area contributed by atoms with Crippen molar-refractivity contribution in [3.8, 4) is 0 Å². The highest BCUT2D eigenvalue weighted by Gasteiger charge is 2.27. The largest absolute Gasteiger partial charge is 0.358 e. The number of hydrogen-bond acceptors (Lipinski definition) is 2. The van der Waals surface area contributed by atoms with E-state index in [2.05, 4.69) is 67.4 Å². The van der Waals surface area contributed by atoms with Gasteiger partial charge in [-0.2, -0.15) is 0 Å². The van der Waals surface area contributed by atoms with E-state index in [-0.39, 0.29) is 0 Å². The molecule has 6 heteroatoms. The Morgan fingerprint density at radius 1 is 0.958 bits per heavy atom. The highest BCUT2D eigenvalue weighted by molar-refractivity contribution is 7.80. The summed E-state index contributed by atoms with van der Waals surface area (Å²) in [4.78, 5) is 0. The van der Waals surface area contributed by atoms with E-state index in [0.29, 0.717) is 22.2 Å². The van der Waals surface area contributed by atoms with Gasteiger partial charge in [-0.05, 0) is 79.8 Å². The zero-order valence-corrected chi connectivity index (χ0v) is 16.5. The van der Waals surface area contributed by atoms with E-state index in [1.165, 1.54) is 30.4 Å². The third kappa shape index (κ3) is 5.60. The molecule has 1 saturated carbocycles. The Morgan fingerprint density at radius 3 is 2.25 bits per heavy atom. The summed E-state index contributed by atoms with van der Waals surface area (Å²) in [5.41, 5.74) is 9.31. The van der Waals surface area contributed by atoms with Crippen LogP contribution in [0.3, 0.4) is 0 Å². The highest BCUT2D eigenvalue weighted by atomic mass is 32.1. The van der Waals surface area contributed by atoms with Gasteiger partial charge >= 0.3 is 0 Å². The number of benzene rings is 1. The van der Waals surface area contributed by atoms with Crippen molar-refractivity contribution in [3.63, 3.8) is 0 Å². The van der Waals surface area contributed by atoms with Gasteiger partial charge in [0.2, 0.25) is 0 Å². The Balaban J connectivity index is 1.77. The van der Waals surface area contributed by atoms with Crippen LogP contribution in [0, 0.1) is 25.7 Å². The normalized spacial score (nSPS) is 23.2. The van der Waals surface area contributed by atoms with Crippen LogP contribution in [0.1, 0.15) is 44.2 Å². The van der Waals surface area contributed by atoms with Crippen LogP contribution in [0.15, 0.2) is 18.2 Å². The maximum Gasteiger partial charge on any atom is 0.189 e. The van der Waals surface area contributed by atoms with Crippen LogP contribution < -0.4 is 21.5 Å². The molecular weight excluding hydrogens is 336 g/mol. The van der Waals surface area contributed by atoms with Gasteiger partial charge in [-0.15, -0.1) is 0 Å². The Hall–Kier alpha value is -1.40. The Labute approximate surface area is 156 Å². The van der Waals surface area contributed by atoms with E-state index in [1.807, 2.05) is 0 Å². The van der Waals surface area contributed by atoms with E-state index in [0.717, 1.165) is 11.6 Å². The molecule has 1 aromatic rings. The van der Waals surface area contributed by atoms with Gasteiger partial charge in [0.15, 0.2) is 10.2 Å². The number of nitrogens with one attached hydrogen (secondary N) is 4. The van der Waals surface area contributed by atoms with Crippen LogP contribution >= 0.6 is 24.4 Å². The van der Waals surface area contributed by atoms with Crippen molar-refractivity contribution < 1.29 is 0 Å². The monoisotopic (exact) mass is 364 g/mol. The molecule has 4 nitrogen and oxygen atoms in total. The Kier molecular flexibility index (Phi) is 6.80. The third-order valence-electron chi connectivity index (χ3n) is 4.79. The Morgan fingerprint density at radius 2 is 1.58 bits per heavy atom. The zero-order valence-electron chi connectivity index (χ0n) is 14.9. The van der Waals surface area contributed by atoms with Gasteiger partial charge < -0.3 is 10.6 Å². The second-order valence-electron chi connectivity index (χ2n) is 6.93. The average molecular weight is 365 g/mol. The molecule has 1 aromatic carbocycles. The summed E-state index contributed by atoms with van der Waals surface area (Å²) in [6.07, 6.45) is 3.73. The second kappa shape index (κ2) is 8.62. The summed E-state index contributed by atoms with van der Waals surface area (Å²) in [5, 5.41) is 7.66. The lowest BCUT2D eigenvalue weighted by atomic mass is 9.78. The lowest BCUT2D eigenvalue weighted by Crippen LogP contribution is -2.53. The first kappa shape index (κ1) is 18.9. The molecule has 1 fully saturated rings. The van der Waals surface area contributed by atoms with Gasteiger partial charge in [-0.25, -0.2) is 0 Å². The molecule has 2 rings (SSSR count). The van der Waals surface area contributed by atoms with Gasteiger partial charge in [-0.1, -0.05) is 32.8 Å². The molecule has 0 heterocycles. The number of rotatable bonds is 2. The van der Waals surface area contributed by atoms with Crippen LogP contribution in [-0.4, -0.2) is 16.3 Å². The minimum Gasteiger partial charge on any atom is -0.358 e. The first-order chi connectivity index (χ1) is 11.3. The van der Waals surface area contributed by atoms with E-state index in [9.17, 15) is 0 Å². The van der Waals surface area contributed by atoms with E-state index >= 15 is 0 Å². The standard InChI is InChI=1S/C18H28N4S2/c1-11-8-12(2)10-15(9-11)19-17(23)21-22-18(24)20-16-7-5-6-13(3)14(16)4/h8-10,13-14,16H,5-7H2,1-4H3,(H2,19,21,23)(H2,20,22,24)/t13-,14-,16-/m0/s1. The second-order valence-corrected chi connectivity index (χ2v) is 7.74. The molecular formula is C18H28N4S2. The van der Waals surface area contributed by atoms with Crippen LogP contribution in [0.2, 0.25) is 0 Å². The molecule has 0 bridgehead atoms. The third-order valence-corrected chi connectivity index (χ3v) is 5.22. The van der Waals surface area contributed by atoms with Crippen molar-refractivity contribution >= 4 is 40.3 Å². The molecule has 0 radical (unpaired) electrons. The van der Waals surface area contributed by atoms with E-state index < -0.39 is 0 Å². The fraction of sp³-hybridized carbons (Fsp3) is 0.556. The molecule has 0 aliphatic heterocycles. The molecule has 1 aliphatic rings. The summed E-state index contributed by atoms with van der Waals surface area (Å²) >= 11 is 10.7. The number of hydrazine groups is 1. The van der Waals surface area contributed by atoms with E-state index in [4.69, 9.17) is 24.4 Å². The molecule has 24 heavy (non-hydrogen) atoms. The predicted molar refractivity (Wildman–Crippen MR) is 110 cm³/mol. The van der Waals surface area contributed by atoms with Crippen molar-refractivity contribution in [2.24, 2.45) is 11.8 Å². The Bertz CT molecular complexity index is 582. The van der Waals surface area contributed by atoms with Crippen LogP contribution in [-0.2, 0) is 0 Å². The molecule has 0 amide bonds. The van der Waals surface area contributed by atoms with E-state index in [1.54, 1.807) is 0 Å². The van der Waals surface area contributed by atoms with Crippen molar-refractivity contribution in [1.29, 1.82) is 0 Å². The average Bonchev–Trinajstić information content (AvgIpc) is 2.49. The fourth-order valence-corrected chi connectivity index (χ4v) is 3.68. The quantitative estimate of drug-likeness (QED) is 0.473. The molecule has 0 spiro atoms. The van der Waals surface area contributed by atoms with Gasteiger partial charge in [0.1, 0.15) is 0 Å². The molecule has 4 N–H and O–H groups in total. The summed E-state index contributed by atoms with van der Waals surface area (Å²) in [6, 6.07) is 6.67. The van der Waals surface area contributed by atoms with Gasteiger partial charge in [-0.3, -0.25) is 10.9 Å². The number of aryl methyl sites for hydroxylation is 2. The zero-order chi connectivity index (χ0) is 17.7. The van der Waals surface area contributed by atoms with Crippen molar-refractivity contribution in [2.45, 2.75) is 53.0 Å². The first-order valence-electron chi connectivity index (χ1n) is 8.57. The summed E-state index contributed by atoms with van der Waals surface area (Å²) in [5.74, 6) is 1.36. The van der Waals surface area contributed by atoms with Crippen LogP contribution in [0.25, 0.3) is 0 Å². The molecule has 132 valence electrons. The van der Waals surface area contributed by atoms with Crippen LogP contribution in [0.5, 0.6) is 0 Å². The number of anilines is 1. The maximum absolute atomic E-state index is 5.38. The van der Waals surface area contributed by atoms with Crippen molar-refractivity contribution in [3.05, 3.63) is 29.3 Å². The number of thiocarbonyl (C=S) groups is 2. The summed E-state index contributed by atoms with van der Waals surface area (Å²) in [7, 11) is 0. The smallest absolute Gasteiger partial charge is 0.189 e. The maximum atomic E-state index is 5.38. The minimum atomic E-state index is 0.427. The van der Waals surface area contributed by atoms with Gasteiger partial charge in [0.25, 0.3) is 0 Å². The van der Waals surface area contributed by atoms with Gasteiger partial charge in [0.05, 0.1) is 0 Å². The SMILES string of the molecule is Cc1cc(C)cc(NC(=S)NNC(=S)N[C@H]2CCC[C@H](C)[C@@H]2C)c1.